The third-order valence-electron chi connectivity index (χ3n) is 4.35. The summed E-state index contributed by atoms with van der Waals surface area (Å²) in [5.41, 5.74) is 5.18. The molecule has 2 rings (SSSR count). The fourth-order valence-electron chi connectivity index (χ4n) is 3.18. The van der Waals surface area contributed by atoms with Crippen LogP contribution in [0.2, 0.25) is 0 Å². The predicted molar refractivity (Wildman–Crippen MR) is 85.6 cm³/mol. The number of nitrogens with one attached hydrogen (secondary N) is 2. The first-order valence-electron chi connectivity index (χ1n) is 8.29. The lowest BCUT2D eigenvalue weighted by molar-refractivity contribution is -0.128. The van der Waals surface area contributed by atoms with Crippen molar-refractivity contribution in [1.82, 2.24) is 20.4 Å². The smallest absolute Gasteiger partial charge is 0.315 e. The number of hydrogen-bond acceptors (Lipinski definition) is 4. The standard InChI is InChI=1S/C15H27N5O3/c1-11(9-20-6-2-3-14(20)22)17-15(23)18-12-4-7-19(8-5-12)10-13(16)21/h11-12H,2-10H2,1H3,(H2,16,21)(H2,17,18,23)/t11-/m0/s1. The van der Waals surface area contributed by atoms with Crippen LogP contribution in [0.5, 0.6) is 0 Å². The van der Waals surface area contributed by atoms with E-state index in [1.54, 1.807) is 4.90 Å². The Morgan fingerprint density at radius 3 is 2.57 bits per heavy atom. The van der Waals surface area contributed by atoms with Crippen LogP contribution < -0.4 is 16.4 Å². The van der Waals surface area contributed by atoms with Crippen LogP contribution >= 0.6 is 0 Å². The molecule has 4 N–H and O–H groups in total. The van der Waals surface area contributed by atoms with Crippen LogP contribution in [0.1, 0.15) is 32.6 Å². The van der Waals surface area contributed by atoms with Gasteiger partial charge in [-0.3, -0.25) is 14.5 Å². The summed E-state index contributed by atoms with van der Waals surface area (Å²) >= 11 is 0. The largest absolute Gasteiger partial charge is 0.369 e. The molecule has 2 fully saturated rings. The van der Waals surface area contributed by atoms with E-state index >= 15 is 0 Å². The Balaban J connectivity index is 1.65. The lowest BCUT2D eigenvalue weighted by Gasteiger charge is -2.32. The molecule has 0 aromatic rings. The van der Waals surface area contributed by atoms with Gasteiger partial charge < -0.3 is 21.3 Å². The number of piperidine rings is 1. The predicted octanol–water partition coefficient (Wildman–Crippen LogP) is -0.754. The lowest BCUT2D eigenvalue weighted by atomic mass is 10.1. The summed E-state index contributed by atoms with van der Waals surface area (Å²) in [7, 11) is 0. The molecule has 8 nitrogen and oxygen atoms in total. The Labute approximate surface area is 136 Å². The van der Waals surface area contributed by atoms with Gasteiger partial charge in [-0.05, 0) is 26.2 Å². The molecule has 0 bridgehead atoms. The zero-order valence-electron chi connectivity index (χ0n) is 13.7. The number of rotatable bonds is 6. The van der Waals surface area contributed by atoms with Gasteiger partial charge in [0.05, 0.1) is 6.54 Å². The molecule has 23 heavy (non-hydrogen) atoms. The van der Waals surface area contributed by atoms with Crippen molar-refractivity contribution in [2.24, 2.45) is 5.73 Å². The highest BCUT2D eigenvalue weighted by Crippen LogP contribution is 2.11. The molecule has 2 aliphatic heterocycles. The van der Waals surface area contributed by atoms with E-state index < -0.39 is 0 Å². The maximum atomic E-state index is 12.0. The highest BCUT2D eigenvalue weighted by Gasteiger charge is 2.24. The number of carbonyl (C=O) groups is 3. The molecule has 2 aliphatic rings. The molecular weight excluding hydrogens is 298 g/mol. The van der Waals surface area contributed by atoms with Crippen molar-refractivity contribution in [1.29, 1.82) is 0 Å². The Bertz CT molecular complexity index is 448. The number of primary amides is 1. The first kappa shape index (κ1) is 17.5. The van der Waals surface area contributed by atoms with Crippen LogP contribution in [-0.2, 0) is 9.59 Å². The third-order valence-corrected chi connectivity index (χ3v) is 4.35. The van der Waals surface area contributed by atoms with Crippen molar-refractivity contribution in [2.75, 3.05) is 32.7 Å². The molecule has 0 aliphatic carbocycles. The number of hydrogen-bond donors (Lipinski definition) is 3. The van der Waals surface area contributed by atoms with Crippen LogP contribution in [0.3, 0.4) is 0 Å². The molecule has 2 saturated heterocycles. The summed E-state index contributed by atoms with van der Waals surface area (Å²) in [5.74, 6) is -0.152. The van der Waals surface area contributed by atoms with Gasteiger partial charge in [-0.2, -0.15) is 0 Å². The number of carbonyl (C=O) groups excluding carboxylic acids is 3. The van der Waals surface area contributed by atoms with E-state index in [4.69, 9.17) is 5.73 Å². The van der Waals surface area contributed by atoms with Crippen molar-refractivity contribution in [3.63, 3.8) is 0 Å². The van der Waals surface area contributed by atoms with E-state index in [2.05, 4.69) is 10.6 Å². The van der Waals surface area contributed by atoms with Crippen LogP contribution in [0.4, 0.5) is 4.79 Å². The molecular formula is C15H27N5O3. The van der Waals surface area contributed by atoms with Crippen molar-refractivity contribution in [3.05, 3.63) is 0 Å². The zero-order chi connectivity index (χ0) is 16.8. The molecule has 0 unspecified atom stereocenters. The van der Waals surface area contributed by atoms with E-state index in [1.807, 2.05) is 11.8 Å². The minimum atomic E-state index is -0.320. The number of urea groups is 1. The second kappa shape index (κ2) is 8.14. The summed E-state index contributed by atoms with van der Waals surface area (Å²) in [6, 6.07) is -0.163. The first-order chi connectivity index (χ1) is 10.9. The van der Waals surface area contributed by atoms with Gasteiger partial charge in [0.1, 0.15) is 0 Å². The molecule has 0 radical (unpaired) electrons. The molecule has 130 valence electrons. The quantitative estimate of drug-likeness (QED) is 0.597. The molecule has 0 aromatic carbocycles. The molecule has 0 spiro atoms. The van der Waals surface area contributed by atoms with E-state index in [0.29, 0.717) is 13.0 Å². The van der Waals surface area contributed by atoms with E-state index in [1.165, 1.54) is 0 Å². The minimum absolute atomic E-state index is 0.0769. The van der Waals surface area contributed by atoms with Crippen LogP contribution in [0.25, 0.3) is 0 Å². The first-order valence-corrected chi connectivity index (χ1v) is 8.29. The van der Waals surface area contributed by atoms with Gasteiger partial charge in [0.2, 0.25) is 11.8 Å². The maximum absolute atomic E-state index is 12.0. The van der Waals surface area contributed by atoms with E-state index in [9.17, 15) is 14.4 Å². The van der Waals surface area contributed by atoms with Gasteiger partial charge >= 0.3 is 6.03 Å². The normalized spacial score (nSPS) is 21.3. The fraction of sp³-hybridized carbons (Fsp3) is 0.800. The molecule has 4 amide bonds. The van der Waals surface area contributed by atoms with Crippen molar-refractivity contribution < 1.29 is 14.4 Å². The number of nitrogens with two attached hydrogens (primary N) is 1. The molecule has 0 saturated carbocycles. The summed E-state index contributed by atoms with van der Waals surface area (Å²) in [6.45, 7) is 5.03. The van der Waals surface area contributed by atoms with Crippen molar-refractivity contribution in [3.8, 4) is 0 Å². The van der Waals surface area contributed by atoms with Crippen LogP contribution in [-0.4, -0.2) is 72.5 Å². The second-order valence-electron chi connectivity index (χ2n) is 6.48. The van der Waals surface area contributed by atoms with Crippen LogP contribution in [0, 0.1) is 0 Å². The van der Waals surface area contributed by atoms with Crippen molar-refractivity contribution in [2.45, 2.75) is 44.7 Å². The average molecular weight is 325 g/mol. The van der Waals surface area contributed by atoms with Gasteiger partial charge in [0.25, 0.3) is 0 Å². The minimum Gasteiger partial charge on any atom is -0.369 e. The van der Waals surface area contributed by atoms with Gasteiger partial charge in [0, 0.05) is 44.7 Å². The molecule has 2 heterocycles. The fourth-order valence-corrected chi connectivity index (χ4v) is 3.18. The molecule has 1 atom stereocenters. The summed E-state index contributed by atoms with van der Waals surface area (Å²) < 4.78 is 0. The number of nitrogens with zero attached hydrogens (tertiary/aromatic N) is 2. The summed E-state index contributed by atoms with van der Waals surface area (Å²) in [4.78, 5) is 38.3. The van der Waals surface area contributed by atoms with Crippen LogP contribution in [0.15, 0.2) is 0 Å². The highest BCUT2D eigenvalue weighted by molar-refractivity contribution is 5.78. The second-order valence-corrected chi connectivity index (χ2v) is 6.48. The number of likely N-dealkylation sites (tertiary alicyclic amines) is 2. The monoisotopic (exact) mass is 325 g/mol. The van der Waals surface area contributed by atoms with Crippen molar-refractivity contribution >= 4 is 17.8 Å². The van der Waals surface area contributed by atoms with Gasteiger partial charge in [-0.1, -0.05) is 0 Å². The Hall–Kier alpha value is -1.83. The Morgan fingerprint density at radius 1 is 1.30 bits per heavy atom. The number of amides is 4. The van der Waals surface area contributed by atoms with Gasteiger partial charge in [0.15, 0.2) is 0 Å². The third kappa shape index (κ3) is 5.70. The van der Waals surface area contributed by atoms with E-state index in [-0.39, 0.29) is 36.5 Å². The highest BCUT2D eigenvalue weighted by atomic mass is 16.2. The summed E-state index contributed by atoms with van der Waals surface area (Å²) in [6.07, 6.45) is 3.13. The van der Waals surface area contributed by atoms with E-state index in [0.717, 1.165) is 38.9 Å². The SMILES string of the molecule is C[C@@H](CN1CCCC1=O)NC(=O)NC1CCN(CC(N)=O)CC1. The average Bonchev–Trinajstić information content (AvgIpc) is 2.85. The molecule has 8 heteroatoms. The maximum Gasteiger partial charge on any atom is 0.315 e. The Kier molecular flexibility index (Phi) is 6.20. The van der Waals surface area contributed by atoms with Gasteiger partial charge in [-0.25, -0.2) is 4.79 Å². The van der Waals surface area contributed by atoms with Gasteiger partial charge in [-0.15, -0.1) is 0 Å². The topological polar surface area (TPSA) is 108 Å². The Morgan fingerprint density at radius 2 is 2.00 bits per heavy atom. The zero-order valence-corrected chi connectivity index (χ0v) is 13.7. The lowest BCUT2D eigenvalue weighted by Crippen LogP contribution is -2.52. The summed E-state index contributed by atoms with van der Waals surface area (Å²) in [5, 5.41) is 5.85. The molecule has 0 aromatic heterocycles.